The molecule has 1 amide bonds. The summed E-state index contributed by atoms with van der Waals surface area (Å²) in [7, 11) is 0. The number of carbonyl (C=O) groups excluding carboxylic acids is 1. The van der Waals surface area contributed by atoms with E-state index in [9.17, 15) is 4.79 Å². The van der Waals surface area contributed by atoms with Gasteiger partial charge in [-0.3, -0.25) is 10.1 Å². The van der Waals surface area contributed by atoms with E-state index in [0.717, 1.165) is 16.7 Å². The van der Waals surface area contributed by atoms with Gasteiger partial charge in [-0.2, -0.15) is 4.98 Å². The molecule has 1 aliphatic heterocycles. The summed E-state index contributed by atoms with van der Waals surface area (Å²) in [6, 6.07) is 14.5. The lowest BCUT2D eigenvalue weighted by molar-refractivity contribution is -0.117. The largest absolute Gasteiger partial charge is 0.423 e. The number of unbranched alkanes of at least 4 members (excludes halogenated alkanes) is 1. The minimum atomic E-state index is -0.605. The van der Waals surface area contributed by atoms with Crippen molar-refractivity contribution in [3.8, 4) is 0 Å². The summed E-state index contributed by atoms with van der Waals surface area (Å²) in [6.07, 6.45) is 6.64. The molecule has 1 aliphatic rings. The van der Waals surface area contributed by atoms with Gasteiger partial charge in [-0.15, -0.1) is 0 Å². The number of rotatable bonds is 6. The second-order valence-electron chi connectivity index (χ2n) is 8.98. The smallest absolute Gasteiger partial charge is 0.302 e. The predicted octanol–water partition coefficient (Wildman–Crippen LogP) is 7.95. The molecular weight excluding hydrogens is 510 g/mol. The zero-order valence-corrected chi connectivity index (χ0v) is 24.5. The standard InChI is InChI=1S/C23H22ClN5O2.C4H10.C4H8/c1-13(2)12-25-21(30)19-14(3)26-22(28-20(19)15-8-4-5-9-16(15)24)29-23-27-17-10-6-7-11-18(17)31-23;2*1-3-4-2/h4-11,20H,1,12H2,2-3H3,(H,25,30)(H2,26,27,28,29);3-4H2,1-2H3;3-4H,1-2H3/b;;4-3-. The van der Waals surface area contributed by atoms with Crippen molar-refractivity contribution in [2.24, 2.45) is 4.99 Å². The molecule has 0 bridgehead atoms. The molecular formula is C31H40ClN5O2. The van der Waals surface area contributed by atoms with E-state index >= 15 is 0 Å². The van der Waals surface area contributed by atoms with Crippen LogP contribution in [-0.2, 0) is 4.79 Å². The number of fused-ring (bicyclic) bond motifs is 1. The molecule has 3 aromatic rings. The van der Waals surface area contributed by atoms with Crippen LogP contribution in [0.5, 0.6) is 0 Å². The molecule has 1 atom stereocenters. The minimum Gasteiger partial charge on any atom is -0.423 e. The summed E-state index contributed by atoms with van der Waals surface area (Å²) in [5.74, 6) is 0.174. The van der Waals surface area contributed by atoms with Crippen molar-refractivity contribution in [1.29, 1.82) is 0 Å². The van der Waals surface area contributed by atoms with Crippen LogP contribution in [0, 0.1) is 0 Å². The maximum Gasteiger partial charge on any atom is 0.302 e. The molecule has 1 aromatic heterocycles. The molecule has 4 rings (SSSR count). The third-order valence-corrected chi connectivity index (χ3v) is 5.93. The van der Waals surface area contributed by atoms with Crippen molar-refractivity contribution < 1.29 is 9.21 Å². The van der Waals surface area contributed by atoms with E-state index in [1.165, 1.54) is 12.8 Å². The molecule has 0 fully saturated rings. The zero-order valence-electron chi connectivity index (χ0n) is 23.8. The number of hydrogen-bond donors (Lipinski definition) is 3. The highest BCUT2D eigenvalue weighted by atomic mass is 35.5. The molecule has 2 heterocycles. The summed E-state index contributed by atoms with van der Waals surface area (Å²) < 4.78 is 5.74. The highest BCUT2D eigenvalue weighted by molar-refractivity contribution is 6.31. The van der Waals surface area contributed by atoms with Gasteiger partial charge in [0, 0.05) is 22.8 Å². The number of anilines is 1. The number of nitrogens with one attached hydrogen (secondary N) is 3. The number of halogens is 1. The number of amides is 1. The van der Waals surface area contributed by atoms with Crippen LogP contribution in [0.15, 0.2) is 93.5 Å². The molecule has 8 heteroatoms. The van der Waals surface area contributed by atoms with Crippen LogP contribution in [0.25, 0.3) is 11.1 Å². The summed E-state index contributed by atoms with van der Waals surface area (Å²) in [5.41, 5.74) is 4.11. The van der Waals surface area contributed by atoms with E-state index in [4.69, 9.17) is 21.0 Å². The van der Waals surface area contributed by atoms with Crippen LogP contribution >= 0.6 is 11.6 Å². The van der Waals surface area contributed by atoms with Crippen LogP contribution in [0.3, 0.4) is 0 Å². The van der Waals surface area contributed by atoms with Gasteiger partial charge in [-0.1, -0.05) is 92.9 Å². The average Bonchev–Trinajstić information content (AvgIpc) is 3.34. The summed E-state index contributed by atoms with van der Waals surface area (Å²) >= 11 is 6.45. The van der Waals surface area contributed by atoms with Gasteiger partial charge in [0.2, 0.25) is 5.96 Å². The third-order valence-electron chi connectivity index (χ3n) is 5.59. The zero-order chi connectivity index (χ0) is 28.8. The third kappa shape index (κ3) is 9.45. The number of hydrogen-bond acceptors (Lipinski definition) is 6. The van der Waals surface area contributed by atoms with Gasteiger partial charge in [-0.05, 0) is 45.9 Å². The maximum absolute atomic E-state index is 13.0. The van der Waals surface area contributed by atoms with Gasteiger partial charge in [0.1, 0.15) is 11.6 Å². The number of aromatic nitrogens is 1. The number of allylic oxidation sites excluding steroid dienone is 3. The Kier molecular flexibility index (Phi) is 13.0. The Hall–Kier alpha value is -3.84. The SMILES string of the molecule is C/C=C\C.C=C(C)CNC(=O)C1=C(C)NC(Nc2nc3ccccc3o2)=NC1c1ccccc1Cl.CCCC. The molecule has 1 unspecified atom stereocenters. The highest BCUT2D eigenvalue weighted by Crippen LogP contribution is 2.35. The first-order valence-corrected chi connectivity index (χ1v) is 13.6. The number of guanidine groups is 1. The Morgan fingerprint density at radius 1 is 1.10 bits per heavy atom. The normalized spacial score (nSPS) is 14.4. The van der Waals surface area contributed by atoms with Crippen LogP contribution in [0.4, 0.5) is 6.01 Å². The van der Waals surface area contributed by atoms with Crippen LogP contribution in [0.2, 0.25) is 5.02 Å². The molecule has 208 valence electrons. The van der Waals surface area contributed by atoms with Crippen molar-refractivity contribution in [1.82, 2.24) is 15.6 Å². The van der Waals surface area contributed by atoms with E-state index in [1.807, 2.05) is 82.3 Å². The molecule has 0 saturated carbocycles. The Balaban J connectivity index is 0.000000590. The van der Waals surface area contributed by atoms with Crippen LogP contribution in [-0.4, -0.2) is 23.4 Å². The van der Waals surface area contributed by atoms with Gasteiger partial charge in [-0.25, -0.2) is 4.99 Å². The molecule has 3 N–H and O–H groups in total. The van der Waals surface area contributed by atoms with E-state index in [0.29, 0.717) is 40.4 Å². The van der Waals surface area contributed by atoms with Gasteiger partial charge >= 0.3 is 6.01 Å². The Labute approximate surface area is 237 Å². The minimum absolute atomic E-state index is 0.234. The molecule has 2 aromatic carbocycles. The molecule has 0 saturated heterocycles. The number of benzene rings is 2. The van der Waals surface area contributed by atoms with Gasteiger partial charge < -0.3 is 15.1 Å². The van der Waals surface area contributed by atoms with Gasteiger partial charge in [0.15, 0.2) is 5.58 Å². The summed E-state index contributed by atoms with van der Waals surface area (Å²) in [6.45, 7) is 16.3. The lowest BCUT2D eigenvalue weighted by atomic mass is 9.95. The van der Waals surface area contributed by atoms with Crippen LogP contribution in [0.1, 0.15) is 66.0 Å². The first-order valence-electron chi connectivity index (χ1n) is 13.2. The van der Waals surface area contributed by atoms with Crippen molar-refractivity contribution >= 4 is 40.6 Å². The average molecular weight is 550 g/mol. The van der Waals surface area contributed by atoms with Crippen molar-refractivity contribution in [2.75, 3.05) is 11.9 Å². The molecule has 7 nitrogen and oxygen atoms in total. The van der Waals surface area contributed by atoms with Crippen molar-refractivity contribution in [2.45, 2.75) is 60.4 Å². The quantitative estimate of drug-likeness (QED) is 0.271. The lowest BCUT2D eigenvalue weighted by Gasteiger charge is -2.27. The Morgan fingerprint density at radius 2 is 1.74 bits per heavy atom. The topological polar surface area (TPSA) is 91.6 Å². The first kappa shape index (κ1) is 31.4. The number of nitrogens with zero attached hydrogens (tertiary/aromatic N) is 2. The fourth-order valence-electron chi connectivity index (χ4n) is 3.31. The van der Waals surface area contributed by atoms with E-state index in [2.05, 4.69) is 41.4 Å². The van der Waals surface area contributed by atoms with Gasteiger partial charge in [0.25, 0.3) is 5.91 Å². The van der Waals surface area contributed by atoms with Crippen molar-refractivity contribution in [3.05, 3.63) is 94.7 Å². The molecule has 0 radical (unpaired) electrons. The predicted molar refractivity (Wildman–Crippen MR) is 164 cm³/mol. The van der Waals surface area contributed by atoms with E-state index in [1.54, 1.807) is 6.07 Å². The fourth-order valence-corrected chi connectivity index (χ4v) is 3.55. The summed E-state index contributed by atoms with van der Waals surface area (Å²) in [4.78, 5) is 22.1. The molecule has 0 spiro atoms. The number of aliphatic imine (C=N–C) groups is 1. The monoisotopic (exact) mass is 549 g/mol. The summed E-state index contributed by atoms with van der Waals surface area (Å²) in [5, 5.41) is 9.62. The molecule has 0 aliphatic carbocycles. The van der Waals surface area contributed by atoms with E-state index < -0.39 is 6.04 Å². The fraction of sp³-hybridized carbons (Fsp3) is 0.323. The van der Waals surface area contributed by atoms with Crippen molar-refractivity contribution in [3.63, 3.8) is 0 Å². The van der Waals surface area contributed by atoms with Gasteiger partial charge in [0.05, 0.1) is 5.57 Å². The number of oxazole rings is 1. The lowest BCUT2D eigenvalue weighted by Crippen LogP contribution is -2.39. The van der Waals surface area contributed by atoms with E-state index in [-0.39, 0.29) is 5.91 Å². The Morgan fingerprint density at radius 3 is 2.33 bits per heavy atom. The Bertz CT molecular complexity index is 1300. The second kappa shape index (κ2) is 16.2. The highest BCUT2D eigenvalue weighted by Gasteiger charge is 2.30. The number of para-hydroxylation sites is 2. The van der Waals surface area contributed by atoms with Crippen LogP contribution < -0.4 is 16.0 Å². The number of carbonyl (C=O) groups is 1. The first-order chi connectivity index (χ1) is 18.7. The molecule has 39 heavy (non-hydrogen) atoms. The maximum atomic E-state index is 13.0. The second-order valence-corrected chi connectivity index (χ2v) is 9.39.